The Bertz CT molecular complexity index is 739. The maximum atomic E-state index is 12.4. The molecule has 0 radical (unpaired) electrons. The van der Waals surface area contributed by atoms with E-state index in [0.717, 1.165) is 0 Å². The van der Waals surface area contributed by atoms with E-state index in [9.17, 15) is 35.4 Å². The van der Waals surface area contributed by atoms with Crippen LogP contribution in [0.4, 0.5) is 0 Å². The van der Waals surface area contributed by atoms with Gasteiger partial charge in [-0.1, -0.05) is 0 Å². The molecule has 3 rings (SSSR count). The molecule has 1 aliphatic carbocycles. The normalized spacial score (nSPS) is 43.0. The zero-order chi connectivity index (χ0) is 28.0. The van der Waals surface area contributed by atoms with Crippen LogP contribution >= 0.6 is 0 Å². The minimum Gasteiger partial charge on any atom is -0.395 e. The van der Waals surface area contributed by atoms with Crippen molar-refractivity contribution in [2.45, 2.75) is 99.0 Å². The first kappa shape index (κ1) is 31.5. The van der Waals surface area contributed by atoms with Crippen LogP contribution in [0.15, 0.2) is 0 Å². The predicted molar refractivity (Wildman–Crippen MR) is 130 cm³/mol. The highest BCUT2D eigenvalue weighted by atomic mass is 16.7. The van der Waals surface area contributed by atoms with Crippen LogP contribution in [0.3, 0.4) is 0 Å². The minimum atomic E-state index is -1.50. The second-order valence-electron chi connectivity index (χ2n) is 10.3. The van der Waals surface area contributed by atoms with Gasteiger partial charge in [-0.2, -0.15) is 0 Å². The van der Waals surface area contributed by atoms with Crippen LogP contribution in [-0.2, 0) is 19.0 Å². The van der Waals surface area contributed by atoms with Crippen molar-refractivity contribution in [1.29, 1.82) is 0 Å². The van der Waals surface area contributed by atoms with E-state index < -0.39 is 91.7 Å². The van der Waals surface area contributed by atoms with Crippen molar-refractivity contribution in [3.8, 4) is 0 Å². The zero-order valence-electron chi connectivity index (χ0n) is 21.3. The molecule has 2 aliphatic heterocycles. The van der Waals surface area contributed by atoms with Crippen LogP contribution in [0.5, 0.6) is 0 Å². The van der Waals surface area contributed by atoms with Gasteiger partial charge in [0.25, 0.3) is 0 Å². The van der Waals surface area contributed by atoms with E-state index in [-0.39, 0.29) is 32.5 Å². The third-order valence-electron chi connectivity index (χ3n) is 7.60. The zero-order valence-corrected chi connectivity index (χ0v) is 21.3. The molecule has 3 aliphatic rings. The fourth-order valence-corrected chi connectivity index (χ4v) is 5.49. The van der Waals surface area contributed by atoms with Crippen LogP contribution in [-0.4, -0.2) is 148 Å². The molecule has 2 saturated heterocycles. The number of carbonyl (C=O) groups is 1. The number of nitrogens with one attached hydrogen (secondary N) is 2. The highest BCUT2D eigenvalue weighted by Gasteiger charge is 2.51. The van der Waals surface area contributed by atoms with E-state index in [1.54, 1.807) is 0 Å². The molecule has 0 aromatic heterocycles. The molecule has 2 heterocycles. The van der Waals surface area contributed by atoms with Gasteiger partial charge in [0, 0.05) is 38.0 Å². The van der Waals surface area contributed by atoms with Gasteiger partial charge in [0.15, 0.2) is 6.29 Å². The smallest absolute Gasteiger partial charge is 0.250 e. The summed E-state index contributed by atoms with van der Waals surface area (Å²) in [5.74, 6) is -1.48. The molecule has 38 heavy (non-hydrogen) atoms. The van der Waals surface area contributed by atoms with Crippen molar-refractivity contribution in [3.63, 3.8) is 0 Å². The Morgan fingerprint density at radius 3 is 2.42 bits per heavy atom. The van der Waals surface area contributed by atoms with Crippen LogP contribution in [0.25, 0.3) is 0 Å². The van der Waals surface area contributed by atoms with Gasteiger partial charge < -0.3 is 72.1 Å². The first-order valence-corrected chi connectivity index (χ1v) is 13.2. The monoisotopic (exact) mass is 552 g/mol. The molecule has 0 aromatic rings. The summed E-state index contributed by atoms with van der Waals surface area (Å²) in [5, 5.41) is 76.4. The predicted octanol–water partition coefficient (Wildman–Crippen LogP) is -5.80. The number of aliphatic hydroxyl groups is 7. The van der Waals surface area contributed by atoms with Gasteiger partial charge in [-0.15, -0.1) is 0 Å². The average Bonchev–Trinajstić information content (AvgIpc) is 2.88. The lowest BCUT2D eigenvalue weighted by molar-refractivity contribution is -0.302. The maximum absolute atomic E-state index is 12.4. The molecule has 3 fully saturated rings. The summed E-state index contributed by atoms with van der Waals surface area (Å²) in [6.45, 7) is -0.333. The second-order valence-corrected chi connectivity index (χ2v) is 10.3. The average molecular weight is 553 g/mol. The minimum absolute atomic E-state index is 0.0767. The largest absolute Gasteiger partial charge is 0.395 e. The van der Waals surface area contributed by atoms with Gasteiger partial charge in [0.05, 0.1) is 49.8 Å². The summed E-state index contributed by atoms with van der Waals surface area (Å²) in [6.07, 6.45) is -9.96. The molecular weight excluding hydrogens is 508 g/mol. The number of amides is 1. The van der Waals surface area contributed by atoms with E-state index >= 15 is 0 Å². The Labute approximate surface area is 221 Å². The van der Waals surface area contributed by atoms with Crippen LogP contribution in [0, 0.1) is 5.92 Å². The molecular formula is C23H44N4O11. The number of nitrogens with two attached hydrogens (primary N) is 2. The van der Waals surface area contributed by atoms with Gasteiger partial charge in [0.2, 0.25) is 5.91 Å². The summed E-state index contributed by atoms with van der Waals surface area (Å²) in [5.41, 5.74) is 11.9. The molecule has 1 unspecified atom stereocenters. The first-order valence-electron chi connectivity index (χ1n) is 13.2. The van der Waals surface area contributed by atoms with Crippen molar-refractivity contribution in [2.24, 2.45) is 17.4 Å². The SMILES string of the molecule is NC[C@H](O)C(=O)N[C@@H]1C[C@H](N)C([C@@H]2CC[C@H](O)[C@@H](CNCCO)O2)[C@H](O)[C@H]1O[C@H]1O[C@H](CO)[C@@H](O)C[C@H]1O. The van der Waals surface area contributed by atoms with Crippen molar-refractivity contribution < 1.29 is 54.8 Å². The lowest BCUT2D eigenvalue weighted by Crippen LogP contribution is -2.67. The molecule has 0 spiro atoms. The summed E-state index contributed by atoms with van der Waals surface area (Å²) < 4.78 is 17.7. The van der Waals surface area contributed by atoms with Crippen LogP contribution in [0.2, 0.25) is 0 Å². The third kappa shape index (κ3) is 7.57. The van der Waals surface area contributed by atoms with Crippen molar-refractivity contribution in [1.82, 2.24) is 10.6 Å². The van der Waals surface area contributed by atoms with Crippen molar-refractivity contribution in [2.75, 3.05) is 32.8 Å². The standard InChI is InChI=1S/C23H44N4O11/c24-7-15(33)22(35)27-11-5-10(25)19(16-2-1-12(30)17(36-16)8-26-3-4-28)20(34)21(11)38-23-14(32)6-13(31)18(9-29)37-23/h10-21,23,26,28-34H,1-9,24-25H2,(H,27,35)/t10-,11+,12-,13-,14+,15-,16-,17+,18+,19?,20-,21-,23+/m0/s1. The lowest BCUT2D eigenvalue weighted by Gasteiger charge is -2.50. The molecule has 13 atom stereocenters. The van der Waals surface area contributed by atoms with Crippen LogP contribution < -0.4 is 22.1 Å². The van der Waals surface area contributed by atoms with Gasteiger partial charge in [-0.3, -0.25) is 4.79 Å². The van der Waals surface area contributed by atoms with E-state index in [0.29, 0.717) is 19.4 Å². The van der Waals surface area contributed by atoms with Crippen molar-refractivity contribution >= 4 is 5.91 Å². The van der Waals surface area contributed by atoms with Gasteiger partial charge >= 0.3 is 0 Å². The molecule has 0 bridgehead atoms. The van der Waals surface area contributed by atoms with E-state index in [1.807, 2.05) is 0 Å². The Kier molecular flexibility index (Phi) is 12.0. The Morgan fingerprint density at radius 2 is 1.76 bits per heavy atom. The highest BCUT2D eigenvalue weighted by Crippen LogP contribution is 2.37. The van der Waals surface area contributed by atoms with Gasteiger partial charge in [-0.05, 0) is 19.3 Å². The Balaban J connectivity index is 1.80. The highest BCUT2D eigenvalue weighted by molar-refractivity contribution is 5.81. The molecule has 15 nitrogen and oxygen atoms in total. The fourth-order valence-electron chi connectivity index (χ4n) is 5.49. The first-order chi connectivity index (χ1) is 18.1. The quantitative estimate of drug-likeness (QED) is 0.107. The number of hydrogen-bond donors (Lipinski definition) is 11. The van der Waals surface area contributed by atoms with E-state index in [4.69, 9.17) is 30.8 Å². The lowest BCUT2D eigenvalue weighted by atomic mass is 9.73. The van der Waals surface area contributed by atoms with Crippen LogP contribution in [0.1, 0.15) is 25.7 Å². The van der Waals surface area contributed by atoms with E-state index in [1.165, 1.54) is 0 Å². The van der Waals surface area contributed by atoms with Crippen molar-refractivity contribution in [3.05, 3.63) is 0 Å². The topological polar surface area (TPSA) is 262 Å². The number of ether oxygens (including phenoxy) is 3. The molecule has 1 saturated carbocycles. The molecule has 0 aromatic carbocycles. The third-order valence-corrected chi connectivity index (χ3v) is 7.60. The number of aliphatic hydroxyl groups excluding tert-OH is 7. The molecule has 1 amide bonds. The van der Waals surface area contributed by atoms with Gasteiger partial charge in [-0.25, -0.2) is 0 Å². The summed E-state index contributed by atoms with van der Waals surface area (Å²) in [7, 11) is 0. The number of hydrogen-bond acceptors (Lipinski definition) is 14. The summed E-state index contributed by atoms with van der Waals surface area (Å²) in [4.78, 5) is 12.4. The maximum Gasteiger partial charge on any atom is 0.250 e. The molecule has 222 valence electrons. The van der Waals surface area contributed by atoms with E-state index in [2.05, 4.69) is 10.6 Å². The summed E-state index contributed by atoms with van der Waals surface area (Å²) in [6, 6.07) is -1.59. The number of carbonyl (C=O) groups excluding carboxylic acids is 1. The summed E-state index contributed by atoms with van der Waals surface area (Å²) >= 11 is 0. The second kappa shape index (κ2) is 14.5. The molecule has 15 heteroatoms. The fraction of sp³-hybridized carbons (Fsp3) is 0.957. The Morgan fingerprint density at radius 1 is 1.03 bits per heavy atom. The molecule has 13 N–H and O–H groups in total. The van der Waals surface area contributed by atoms with Gasteiger partial charge in [0.1, 0.15) is 24.4 Å². The number of rotatable bonds is 11. The Hall–Kier alpha value is -1.05.